The molecule has 21 heteroatoms. The number of benzene rings is 1. The molecule has 52 heavy (non-hydrogen) atoms. The Bertz CT molecular complexity index is 1590. The number of aliphatic carboxylic acids is 1. The molecule has 1 aliphatic heterocycles. The number of allylic oxidation sites excluding steroid dienone is 1. The predicted molar refractivity (Wildman–Crippen MR) is 200 cm³/mol. The molecule has 1 saturated carbocycles. The molecule has 4 rings (SSSR count). The smallest absolute Gasteiger partial charge is 0.427 e. The van der Waals surface area contributed by atoms with E-state index in [9.17, 15) is 28.2 Å². The van der Waals surface area contributed by atoms with Gasteiger partial charge in [-0.2, -0.15) is 15.0 Å². The van der Waals surface area contributed by atoms with Gasteiger partial charge in [0.05, 0.1) is 48.4 Å². The zero-order chi connectivity index (χ0) is 39.8. The summed E-state index contributed by atoms with van der Waals surface area (Å²) in [5.41, 5.74) is 0.311. The lowest BCUT2D eigenvalue weighted by atomic mass is 10.2. The van der Waals surface area contributed by atoms with Gasteiger partial charge in [-0.25, -0.2) is 14.1 Å². The van der Waals surface area contributed by atoms with Gasteiger partial charge >= 0.3 is 18.0 Å². The van der Waals surface area contributed by atoms with Gasteiger partial charge in [-0.1, -0.05) is 11.6 Å². The molecule has 1 saturated heterocycles. The number of halogens is 3. The van der Waals surface area contributed by atoms with Crippen molar-refractivity contribution in [1.82, 2.24) is 20.3 Å². The molecule has 1 aromatic carbocycles. The van der Waals surface area contributed by atoms with E-state index in [-0.39, 0.29) is 39.6 Å². The fraction of sp³-hybridized carbons (Fsp3) is 0.548. The van der Waals surface area contributed by atoms with E-state index in [2.05, 4.69) is 44.4 Å². The molecule has 0 spiro atoms. The van der Waals surface area contributed by atoms with Crippen molar-refractivity contribution < 1.29 is 47.7 Å². The number of imide groups is 1. The number of carbonyl (C=O) groups is 3. The fourth-order valence-corrected chi connectivity index (χ4v) is 4.81. The Morgan fingerprint density at radius 2 is 1.73 bits per heavy atom. The number of nitrogens with zero attached hydrogens (tertiary/aromatic N) is 4. The van der Waals surface area contributed by atoms with Crippen LogP contribution < -0.4 is 30.5 Å². The third-order valence-electron chi connectivity index (χ3n) is 6.01. The van der Waals surface area contributed by atoms with E-state index < -0.39 is 44.2 Å². The number of anilines is 3. The van der Waals surface area contributed by atoms with E-state index in [1.54, 1.807) is 13.8 Å². The zero-order valence-electron chi connectivity index (χ0n) is 30.3. The highest BCUT2D eigenvalue weighted by atomic mass is 35.5. The first-order chi connectivity index (χ1) is 24.1. The Labute approximate surface area is 315 Å². The van der Waals surface area contributed by atoms with Gasteiger partial charge in [0.15, 0.2) is 5.76 Å². The molecule has 16 nitrogen and oxygen atoms in total. The van der Waals surface area contributed by atoms with Gasteiger partial charge in [-0.3, -0.25) is 14.9 Å². The zero-order valence-corrected chi connectivity index (χ0v) is 33.5. The van der Waals surface area contributed by atoms with Crippen molar-refractivity contribution in [3.05, 3.63) is 39.6 Å². The summed E-state index contributed by atoms with van der Waals surface area (Å²) >= 11 is 11.8. The molecule has 2 fully saturated rings. The number of carboxylic acids is 1. The molecular weight excluding hydrogens is 767 g/mol. The van der Waals surface area contributed by atoms with E-state index in [1.807, 2.05) is 26.1 Å². The maximum atomic E-state index is 14.3. The second kappa shape index (κ2) is 22.7. The van der Waals surface area contributed by atoms with Crippen molar-refractivity contribution in [2.75, 3.05) is 53.7 Å². The van der Waals surface area contributed by atoms with Crippen molar-refractivity contribution in [2.45, 2.75) is 72.4 Å². The highest BCUT2D eigenvalue weighted by Crippen LogP contribution is 2.37. The van der Waals surface area contributed by atoms with E-state index in [0.717, 1.165) is 38.3 Å². The van der Waals surface area contributed by atoms with Crippen molar-refractivity contribution in [3.63, 3.8) is 0 Å². The van der Waals surface area contributed by atoms with Gasteiger partial charge in [-0.15, -0.1) is 0 Å². The van der Waals surface area contributed by atoms with Gasteiger partial charge in [0, 0.05) is 18.7 Å². The summed E-state index contributed by atoms with van der Waals surface area (Å²) in [5, 5.41) is 16.3. The average molecular weight is 815 g/mol. The first-order valence-corrected chi connectivity index (χ1v) is 20.9. The summed E-state index contributed by atoms with van der Waals surface area (Å²) in [4.78, 5) is 64.8. The van der Waals surface area contributed by atoms with Crippen LogP contribution in [0.25, 0.3) is 0 Å². The number of amides is 2. The summed E-state index contributed by atoms with van der Waals surface area (Å²) in [6.45, 7) is 9.52. The highest BCUT2D eigenvalue weighted by molar-refractivity contribution is 7.94. The number of nitrogens with one attached hydrogen (secondary N) is 3. The molecule has 1 aliphatic carbocycles. The van der Waals surface area contributed by atoms with Crippen LogP contribution in [0.15, 0.2) is 23.5 Å². The van der Waals surface area contributed by atoms with Gasteiger partial charge < -0.3 is 39.6 Å². The lowest BCUT2D eigenvalue weighted by molar-refractivity contribution is -0.193. The molecule has 0 radical (unpaired) electrons. The highest BCUT2D eigenvalue weighted by Gasteiger charge is 2.40. The minimum absolute atomic E-state index is 0.00962. The van der Waals surface area contributed by atoms with Crippen LogP contribution in [-0.4, -0.2) is 93.2 Å². The van der Waals surface area contributed by atoms with E-state index >= 15 is 0 Å². The number of carbonyl (C=O) groups excluding carboxylic acids is 2. The molecule has 2 heterocycles. The summed E-state index contributed by atoms with van der Waals surface area (Å²) < 4.78 is 35.0. The molecular formula is C31H47Cl2FN7O9PS. The van der Waals surface area contributed by atoms with Crippen LogP contribution >= 0.6 is 30.8 Å². The Morgan fingerprint density at radius 1 is 1.15 bits per heavy atom. The van der Waals surface area contributed by atoms with Crippen molar-refractivity contribution in [2.24, 2.45) is 0 Å². The second-order valence-corrected chi connectivity index (χ2v) is 16.8. The molecule has 2 aromatic rings. The quantitative estimate of drug-likeness (QED) is 0.114. The first-order valence-electron chi connectivity index (χ1n) is 15.9. The van der Waals surface area contributed by atoms with E-state index in [1.165, 1.54) is 6.07 Å². The largest absolute Gasteiger partial charge is 0.778 e. The number of hydrogen-bond acceptors (Lipinski definition) is 13. The lowest BCUT2D eigenvalue weighted by Crippen LogP contribution is -2.29. The molecule has 1 atom stereocenters. The topological polar surface area (TPSA) is 228 Å². The van der Waals surface area contributed by atoms with Crippen molar-refractivity contribution in [1.29, 1.82) is 0 Å². The minimum atomic E-state index is -4.35. The van der Waals surface area contributed by atoms with Gasteiger partial charge in [0.25, 0.3) is 0 Å². The predicted octanol–water partition coefficient (Wildman–Crippen LogP) is 5.01. The Hall–Kier alpha value is -3.25. The van der Waals surface area contributed by atoms with Crippen LogP contribution in [0.2, 0.25) is 10.3 Å². The number of carboxylic acid groups (broad SMARTS) is 1. The van der Waals surface area contributed by atoms with Crippen LogP contribution in [-0.2, 0) is 29.8 Å². The van der Waals surface area contributed by atoms with Crippen LogP contribution in [0, 0.1) is 5.82 Å². The van der Waals surface area contributed by atoms with Crippen molar-refractivity contribution >= 4 is 77.2 Å². The standard InChI is InChI=1S/C17H17ClFNO4.C8H14ClN5.C3H8NO5P.C3H9S/c1-9(2)15-16(21)20(17(22)24-15)13-8-14(11(18)7-12(13)19)23-10-5-3-4-6-10;1-4-10-7-12-6(9)13-8(14-7)11-5(2)3;5-3(6)1-4-2-10(7,8)9;1-4(2)3/h7-8,10H,3-6H2,1-2H3;5H,4H2,1-3H3,(H2,10,11,12,13,14);4H,1-2H2,(H,5,6)(H2,7,8,9);1-3H3/q;;;+1/p-1. The third-order valence-corrected chi connectivity index (χ3v) is 7.10. The van der Waals surface area contributed by atoms with Gasteiger partial charge in [0.2, 0.25) is 17.2 Å². The normalized spacial score (nSPS) is 15.1. The monoisotopic (exact) mass is 813 g/mol. The summed E-state index contributed by atoms with van der Waals surface area (Å²) in [6, 6.07) is 2.59. The first kappa shape index (κ1) is 46.8. The third kappa shape index (κ3) is 18.0. The minimum Gasteiger partial charge on any atom is -0.778 e. The number of cyclic esters (lactones) is 1. The number of hydrogen-bond donors (Lipinski definition) is 5. The molecule has 0 bridgehead atoms. The lowest BCUT2D eigenvalue weighted by Gasteiger charge is -2.18. The second-order valence-electron chi connectivity index (χ2n) is 12.0. The van der Waals surface area contributed by atoms with Gasteiger partial charge in [0.1, 0.15) is 19.2 Å². The maximum absolute atomic E-state index is 14.3. The van der Waals surface area contributed by atoms with Gasteiger partial charge in [-0.05, 0) is 94.4 Å². The average Bonchev–Trinajstić information content (AvgIpc) is 3.61. The molecule has 292 valence electrons. The number of ether oxygens (including phenoxy) is 2. The van der Waals surface area contributed by atoms with Crippen LogP contribution in [0.5, 0.6) is 5.75 Å². The Morgan fingerprint density at radius 3 is 2.21 bits per heavy atom. The fourth-order valence-electron chi connectivity index (χ4n) is 4.06. The number of rotatable bonds is 11. The Kier molecular flexibility index (Phi) is 20.4. The SMILES string of the molecule is CC(C)=C1OC(=O)N(c2cc(OC3CCCC3)c(Cl)cc2F)C1=O.CCNc1nc(Cl)nc(NC(C)C)n1.C[S+](C)C.O=C(O)CNCP(=O)([O-])O. The van der Waals surface area contributed by atoms with Crippen molar-refractivity contribution in [3.8, 4) is 5.75 Å². The summed E-state index contributed by atoms with van der Waals surface area (Å²) in [7, 11) is -3.71. The summed E-state index contributed by atoms with van der Waals surface area (Å²) in [5.74, 6) is -1.51. The van der Waals surface area contributed by atoms with Crippen LogP contribution in [0.1, 0.15) is 60.3 Å². The maximum Gasteiger partial charge on any atom is 0.427 e. The van der Waals surface area contributed by atoms with Crippen LogP contribution in [0.4, 0.5) is 26.8 Å². The molecule has 2 amide bonds. The molecule has 1 aromatic heterocycles. The van der Waals surface area contributed by atoms with E-state index in [4.69, 9.17) is 42.7 Å². The Balaban J connectivity index is 0.000000409. The van der Waals surface area contributed by atoms with E-state index in [0.29, 0.717) is 33.3 Å². The summed E-state index contributed by atoms with van der Waals surface area (Å²) in [6.07, 6.45) is 8.87. The number of aromatic nitrogens is 3. The van der Waals surface area contributed by atoms with Crippen LogP contribution in [0.3, 0.4) is 0 Å². The molecule has 1 unspecified atom stereocenters. The molecule has 2 aliphatic rings. The molecule has 5 N–H and O–H groups in total.